The Bertz CT molecular complexity index is 570. The Morgan fingerprint density at radius 2 is 0.821 bits per heavy atom. The second-order valence-corrected chi connectivity index (χ2v) is 10.8. The Kier molecular flexibility index (Phi) is 39.1. The number of esters is 1. The number of unbranched alkanes of at least 4 members (excludes halogenated alkanes) is 17. The number of methoxy groups -OCH3 is 1. The Hall–Kier alpha value is -1.57. The summed E-state index contributed by atoms with van der Waals surface area (Å²) in [5.41, 5.74) is 0. The lowest BCUT2D eigenvalue weighted by Crippen LogP contribution is -1.99. The normalized spacial score (nSPS) is 11.7. The molecule has 0 aromatic rings. The van der Waals surface area contributed by atoms with Gasteiger partial charge in [0.2, 0.25) is 0 Å². The summed E-state index contributed by atoms with van der Waals surface area (Å²) in [5.74, 6) is -0.0651. The van der Waals surface area contributed by atoms with E-state index in [0.717, 1.165) is 32.1 Å². The minimum Gasteiger partial charge on any atom is -0.469 e. The Morgan fingerprint density at radius 1 is 0.462 bits per heavy atom. The summed E-state index contributed by atoms with van der Waals surface area (Å²) >= 11 is 0. The van der Waals surface area contributed by atoms with E-state index in [-0.39, 0.29) is 5.97 Å². The highest BCUT2D eigenvalue weighted by molar-refractivity contribution is 5.68. The molecule has 39 heavy (non-hydrogen) atoms. The van der Waals surface area contributed by atoms with E-state index >= 15 is 0 Å². The standard InChI is InChI=1S/C19H38O2.C18H30/c1-3-4-5-6-7-8-9-10-11-12-13-14-15-16-17-18-19(20)21-2;1-3-5-7-9-11-13-15-17-18-16-14-12-10-8-6-4-2/h3-18H2,1-2H3;5,7,11-14,17-18H,3-4,6,8-10,15-16H2,1-2H3/b;7-5-,13-11+,14-12-,18-17+. The van der Waals surface area contributed by atoms with Crippen molar-refractivity contribution in [2.75, 3.05) is 7.11 Å². The highest BCUT2D eigenvalue weighted by Crippen LogP contribution is 2.13. The van der Waals surface area contributed by atoms with Crippen molar-refractivity contribution in [1.29, 1.82) is 0 Å². The molecule has 0 heterocycles. The first-order chi connectivity index (χ1) is 19.2. The molecule has 0 aliphatic heterocycles. The smallest absolute Gasteiger partial charge is 0.305 e. The Labute approximate surface area is 245 Å². The van der Waals surface area contributed by atoms with Gasteiger partial charge in [0.15, 0.2) is 0 Å². The third kappa shape index (κ3) is 41.1. The molecular formula is C37H68O2. The molecule has 0 spiro atoms. The van der Waals surface area contributed by atoms with E-state index in [1.54, 1.807) is 0 Å². The summed E-state index contributed by atoms with van der Waals surface area (Å²) in [6, 6.07) is 0. The number of carbonyl (C=O) groups is 1. The van der Waals surface area contributed by atoms with Gasteiger partial charge in [-0.3, -0.25) is 4.79 Å². The third-order valence-corrected chi connectivity index (χ3v) is 6.91. The van der Waals surface area contributed by atoms with Crippen LogP contribution in [-0.4, -0.2) is 13.1 Å². The molecule has 0 aromatic carbocycles. The second-order valence-electron chi connectivity index (χ2n) is 10.8. The molecule has 0 unspecified atom stereocenters. The van der Waals surface area contributed by atoms with Gasteiger partial charge in [-0.25, -0.2) is 0 Å². The molecule has 0 N–H and O–H groups in total. The zero-order valence-electron chi connectivity index (χ0n) is 26.9. The first-order valence-electron chi connectivity index (χ1n) is 16.9. The molecular weight excluding hydrogens is 476 g/mol. The lowest BCUT2D eigenvalue weighted by atomic mass is 10.0. The van der Waals surface area contributed by atoms with E-state index in [0.29, 0.717) is 6.42 Å². The fourth-order valence-electron chi connectivity index (χ4n) is 4.35. The molecule has 0 aliphatic carbocycles. The zero-order chi connectivity index (χ0) is 28.9. The van der Waals surface area contributed by atoms with Crippen LogP contribution in [0.4, 0.5) is 0 Å². The largest absolute Gasteiger partial charge is 0.469 e. The summed E-state index contributed by atoms with van der Waals surface area (Å²) < 4.78 is 4.63. The van der Waals surface area contributed by atoms with Gasteiger partial charge in [0.25, 0.3) is 0 Å². The first-order valence-corrected chi connectivity index (χ1v) is 16.9. The van der Waals surface area contributed by atoms with E-state index in [4.69, 9.17) is 0 Å². The molecule has 0 radical (unpaired) electrons. The van der Waals surface area contributed by atoms with Crippen LogP contribution in [0.15, 0.2) is 48.6 Å². The van der Waals surface area contributed by atoms with Crippen molar-refractivity contribution in [2.24, 2.45) is 0 Å². The van der Waals surface area contributed by atoms with Crippen LogP contribution < -0.4 is 0 Å². The van der Waals surface area contributed by atoms with Crippen molar-refractivity contribution in [2.45, 2.75) is 175 Å². The predicted molar refractivity (Wildman–Crippen MR) is 176 cm³/mol. The average Bonchev–Trinajstić information content (AvgIpc) is 2.95. The molecule has 0 saturated carbocycles. The first kappa shape index (κ1) is 39.6. The van der Waals surface area contributed by atoms with Crippen molar-refractivity contribution in [3.05, 3.63) is 48.6 Å². The van der Waals surface area contributed by atoms with Crippen molar-refractivity contribution >= 4 is 5.97 Å². The van der Waals surface area contributed by atoms with Crippen LogP contribution in [0.1, 0.15) is 175 Å². The quantitative estimate of drug-likeness (QED) is 0.0584. The van der Waals surface area contributed by atoms with E-state index < -0.39 is 0 Å². The van der Waals surface area contributed by atoms with Crippen LogP contribution in [-0.2, 0) is 9.53 Å². The topological polar surface area (TPSA) is 26.3 Å². The molecule has 0 aromatic heterocycles. The SMILES string of the molecule is CC/C=C\C/C=C/C/C=C/C/C=C\CCCCC.CCCCCCCCCCCCCCCCCC(=O)OC. The van der Waals surface area contributed by atoms with Gasteiger partial charge in [-0.15, -0.1) is 0 Å². The molecule has 0 fully saturated rings. The molecule has 228 valence electrons. The minimum atomic E-state index is -0.0651. The maximum atomic E-state index is 10.9. The Balaban J connectivity index is 0. The van der Waals surface area contributed by atoms with Crippen LogP contribution in [0.25, 0.3) is 0 Å². The molecule has 0 atom stereocenters. The molecule has 0 rings (SSSR count). The van der Waals surface area contributed by atoms with Crippen LogP contribution in [0.2, 0.25) is 0 Å². The highest BCUT2D eigenvalue weighted by Gasteiger charge is 1.99. The van der Waals surface area contributed by atoms with Gasteiger partial charge in [-0.2, -0.15) is 0 Å². The summed E-state index contributed by atoms with van der Waals surface area (Å²) in [5, 5.41) is 0. The fourth-order valence-corrected chi connectivity index (χ4v) is 4.35. The summed E-state index contributed by atoms with van der Waals surface area (Å²) in [4.78, 5) is 10.9. The van der Waals surface area contributed by atoms with Gasteiger partial charge >= 0.3 is 5.97 Å². The van der Waals surface area contributed by atoms with E-state index in [9.17, 15) is 4.79 Å². The zero-order valence-corrected chi connectivity index (χ0v) is 26.9. The summed E-state index contributed by atoms with van der Waals surface area (Å²) in [6.07, 6.45) is 48.5. The van der Waals surface area contributed by atoms with Crippen LogP contribution in [0.3, 0.4) is 0 Å². The van der Waals surface area contributed by atoms with Gasteiger partial charge < -0.3 is 4.74 Å². The number of ether oxygens (including phenoxy) is 1. The van der Waals surface area contributed by atoms with Gasteiger partial charge in [0, 0.05) is 6.42 Å². The lowest BCUT2D eigenvalue weighted by Gasteiger charge is -2.03. The van der Waals surface area contributed by atoms with Crippen molar-refractivity contribution in [3.63, 3.8) is 0 Å². The van der Waals surface area contributed by atoms with Gasteiger partial charge in [-0.05, 0) is 44.9 Å². The fraction of sp³-hybridized carbons (Fsp3) is 0.757. The van der Waals surface area contributed by atoms with Gasteiger partial charge in [0.1, 0.15) is 0 Å². The number of hydrogen-bond donors (Lipinski definition) is 0. The number of hydrogen-bond acceptors (Lipinski definition) is 2. The average molecular weight is 545 g/mol. The minimum absolute atomic E-state index is 0.0651. The number of allylic oxidation sites excluding steroid dienone is 8. The van der Waals surface area contributed by atoms with Crippen molar-refractivity contribution < 1.29 is 9.53 Å². The van der Waals surface area contributed by atoms with Crippen LogP contribution in [0, 0.1) is 0 Å². The van der Waals surface area contributed by atoms with Crippen molar-refractivity contribution in [3.8, 4) is 0 Å². The van der Waals surface area contributed by atoms with Crippen LogP contribution >= 0.6 is 0 Å². The van der Waals surface area contributed by atoms with Gasteiger partial charge in [0.05, 0.1) is 7.11 Å². The molecule has 2 heteroatoms. The maximum absolute atomic E-state index is 10.9. The third-order valence-electron chi connectivity index (χ3n) is 6.91. The van der Waals surface area contributed by atoms with E-state index in [1.165, 1.54) is 123 Å². The Morgan fingerprint density at radius 3 is 1.23 bits per heavy atom. The number of rotatable bonds is 27. The molecule has 2 nitrogen and oxygen atoms in total. The molecule has 0 aliphatic rings. The molecule has 0 amide bonds. The number of carbonyl (C=O) groups excluding carboxylic acids is 1. The highest BCUT2D eigenvalue weighted by atomic mass is 16.5. The molecule has 0 saturated heterocycles. The van der Waals surface area contributed by atoms with E-state index in [2.05, 4.69) is 74.1 Å². The second kappa shape index (κ2) is 38.6. The van der Waals surface area contributed by atoms with Gasteiger partial charge in [-0.1, -0.05) is 172 Å². The predicted octanol–water partition coefficient (Wildman–Crippen LogP) is 12.8. The van der Waals surface area contributed by atoms with Crippen molar-refractivity contribution in [1.82, 2.24) is 0 Å². The lowest BCUT2D eigenvalue weighted by molar-refractivity contribution is -0.140. The summed E-state index contributed by atoms with van der Waals surface area (Å²) in [6.45, 7) is 6.69. The maximum Gasteiger partial charge on any atom is 0.305 e. The molecule has 0 bridgehead atoms. The van der Waals surface area contributed by atoms with Crippen LogP contribution in [0.5, 0.6) is 0 Å². The van der Waals surface area contributed by atoms with E-state index in [1.807, 2.05) is 0 Å². The summed E-state index contributed by atoms with van der Waals surface area (Å²) in [7, 11) is 1.47. The monoisotopic (exact) mass is 545 g/mol.